The average molecular weight is 341 g/mol. The quantitative estimate of drug-likeness (QED) is 0.582. The molecule has 3 nitrogen and oxygen atoms in total. The summed E-state index contributed by atoms with van der Waals surface area (Å²) in [7, 11) is 4.02. The Morgan fingerprint density at radius 1 is 1.24 bits per heavy atom. The molecule has 3 heteroatoms. The fourth-order valence-electron chi connectivity index (χ4n) is 4.35. The van der Waals surface area contributed by atoms with Crippen LogP contribution in [0.2, 0.25) is 0 Å². The Morgan fingerprint density at radius 2 is 1.88 bits per heavy atom. The van der Waals surface area contributed by atoms with Crippen LogP contribution in [0.25, 0.3) is 6.08 Å². The second-order valence-electron chi connectivity index (χ2n) is 8.69. The van der Waals surface area contributed by atoms with Crippen LogP contribution in [-0.2, 0) is 16.1 Å². The summed E-state index contributed by atoms with van der Waals surface area (Å²) in [5.74, 6) is 0.759. The number of ether oxygens (including phenoxy) is 1. The van der Waals surface area contributed by atoms with Gasteiger partial charge in [0.05, 0.1) is 6.61 Å². The van der Waals surface area contributed by atoms with Gasteiger partial charge in [0.1, 0.15) is 6.23 Å². The molecule has 0 aliphatic heterocycles. The minimum Gasteiger partial charge on any atom is -0.359 e. The number of carbonyl (C=O) groups excluding carboxylic acids is 1. The number of allylic oxidation sites excluding steroid dienone is 1. The summed E-state index contributed by atoms with van der Waals surface area (Å²) in [5, 5.41) is 0. The molecule has 1 aromatic carbocycles. The lowest BCUT2D eigenvalue weighted by Gasteiger charge is -2.31. The number of benzene rings is 1. The van der Waals surface area contributed by atoms with E-state index in [9.17, 15) is 4.79 Å². The predicted molar refractivity (Wildman–Crippen MR) is 102 cm³/mol. The Labute approximate surface area is 152 Å². The first-order valence-corrected chi connectivity index (χ1v) is 9.30. The van der Waals surface area contributed by atoms with E-state index in [2.05, 4.69) is 51.1 Å². The number of nitrogens with zero attached hydrogens (tertiary/aromatic N) is 1. The smallest absolute Gasteiger partial charge is 0.165 e. The minimum absolute atomic E-state index is 0.0754. The Balaban J connectivity index is 1.74. The van der Waals surface area contributed by atoms with Gasteiger partial charge in [-0.15, -0.1) is 0 Å². The van der Waals surface area contributed by atoms with E-state index in [1.54, 1.807) is 0 Å². The maximum Gasteiger partial charge on any atom is 0.165 e. The number of hydrogen-bond donors (Lipinski definition) is 0. The van der Waals surface area contributed by atoms with E-state index in [1.165, 1.54) is 0 Å². The fourth-order valence-corrected chi connectivity index (χ4v) is 4.35. The molecule has 2 aliphatic rings. The molecule has 1 aromatic rings. The van der Waals surface area contributed by atoms with Gasteiger partial charge in [0.2, 0.25) is 0 Å². The van der Waals surface area contributed by atoms with Gasteiger partial charge in [-0.25, -0.2) is 0 Å². The molecule has 0 amide bonds. The first-order valence-electron chi connectivity index (χ1n) is 9.30. The summed E-state index contributed by atoms with van der Waals surface area (Å²) >= 11 is 0. The van der Waals surface area contributed by atoms with Crippen molar-refractivity contribution in [1.82, 2.24) is 4.90 Å². The summed E-state index contributed by atoms with van der Waals surface area (Å²) in [4.78, 5) is 15.0. The Hall–Kier alpha value is -1.45. The molecule has 3 unspecified atom stereocenters. The highest BCUT2D eigenvalue weighted by atomic mass is 16.5. The average Bonchev–Trinajstić information content (AvgIpc) is 2.87. The van der Waals surface area contributed by atoms with Crippen LogP contribution in [0.1, 0.15) is 51.7 Å². The molecule has 0 aromatic heterocycles. The monoisotopic (exact) mass is 341 g/mol. The van der Waals surface area contributed by atoms with E-state index in [1.807, 2.05) is 25.9 Å². The second-order valence-corrected chi connectivity index (χ2v) is 8.69. The summed E-state index contributed by atoms with van der Waals surface area (Å²) in [5.41, 5.74) is 3.19. The van der Waals surface area contributed by atoms with E-state index in [0.717, 1.165) is 29.5 Å². The van der Waals surface area contributed by atoms with Crippen molar-refractivity contribution in [3.63, 3.8) is 0 Å². The van der Waals surface area contributed by atoms with Gasteiger partial charge >= 0.3 is 0 Å². The molecule has 2 fully saturated rings. The van der Waals surface area contributed by atoms with Crippen LogP contribution in [0.5, 0.6) is 0 Å². The predicted octanol–water partition coefficient (Wildman–Crippen LogP) is 4.52. The van der Waals surface area contributed by atoms with Crippen molar-refractivity contribution in [1.29, 1.82) is 0 Å². The molecule has 0 saturated heterocycles. The minimum atomic E-state index is -0.181. The van der Waals surface area contributed by atoms with E-state index in [-0.39, 0.29) is 17.1 Å². The molecule has 2 bridgehead atoms. The van der Waals surface area contributed by atoms with Crippen LogP contribution in [-0.4, -0.2) is 31.0 Å². The zero-order valence-corrected chi connectivity index (χ0v) is 16.4. The molecular formula is C22H31NO2. The molecule has 2 saturated carbocycles. The number of rotatable bonds is 5. The molecule has 3 atom stereocenters. The number of ketones is 1. The van der Waals surface area contributed by atoms with Crippen molar-refractivity contribution in [2.24, 2.45) is 16.7 Å². The lowest BCUT2D eigenvalue weighted by Crippen LogP contribution is -2.32. The lowest BCUT2D eigenvalue weighted by molar-refractivity contribution is -0.125. The highest BCUT2D eigenvalue weighted by molar-refractivity contribution is 6.07. The van der Waals surface area contributed by atoms with Gasteiger partial charge in [-0.3, -0.25) is 9.69 Å². The van der Waals surface area contributed by atoms with Crippen LogP contribution in [0.4, 0.5) is 0 Å². The summed E-state index contributed by atoms with van der Waals surface area (Å²) in [6, 6.07) is 8.39. The van der Waals surface area contributed by atoms with Crippen molar-refractivity contribution in [3.8, 4) is 0 Å². The Kier molecular flexibility index (Phi) is 4.67. The van der Waals surface area contributed by atoms with Crippen molar-refractivity contribution in [2.75, 3.05) is 14.1 Å². The van der Waals surface area contributed by atoms with Crippen LogP contribution in [0.15, 0.2) is 29.8 Å². The topological polar surface area (TPSA) is 29.5 Å². The maximum absolute atomic E-state index is 12.9. The zero-order valence-electron chi connectivity index (χ0n) is 16.4. The summed E-state index contributed by atoms with van der Waals surface area (Å²) in [6.45, 7) is 9.32. The lowest BCUT2D eigenvalue weighted by atomic mass is 9.70. The van der Waals surface area contributed by atoms with E-state index in [0.29, 0.717) is 18.3 Å². The van der Waals surface area contributed by atoms with Gasteiger partial charge in [-0.05, 0) is 68.0 Å². The standard InChI is InChI=1S/C22H31NO2/c1-15(23(5)6)25-14-17-9-7-16(8-10-17)13-18-19-11-12-22(4,20(18)24)21(19,2)3/h7-10,13,15,19H,11-12,14H2,1-6H3/b18-13-. The van der Waals surface area contributed by atoms with Crippen LogP contribution in [0, 0.1) is 16.7 Å². The molecule has 0 N–H and O–H groups in total. The molecule has 25 heavy (non-hydrogen) atoms. The summed E-state index contributed by atoms with van der Waals surface area (Å²) < 4.78 is 5.82. The van der Waals surface area contributed by atoms with Crippen LogP contribution < -0.4 is 0 Å². The highest BCUT2D eigenvalue weighted by Gasteiger charge is 2.63. The summed E-state index contributed by atoms with van der Waals surface area (Å²) in [6.07, 6.45) is 4.37. The van der Waals surface area contributed by atoms with E-state index in [4.69, 9.17) is 4.74 Å². The largest absolute Gasteiger partial charge is 0.359 e. The fraction of sp³-hybridized carbons (Fsp3) is 0.591. The SMILES string of the molecule is CC(OCc1ccc(/C=C2\C(=O)C3(C)CCC2C3(C)C)cc1)N(C)C. The first-order chi connectivity index (χ1) is 11.7. The molecular weight excluding hydrogens is 310 g/mol. The second kappa shape index (κ2) is 6.37. The van der Waals surface area contributed by atoms with E-state index < -0.39 is 0 Å². The Morgan fingerprint density at radius 3 is 2.40 bits per heavy atom. The number of Topliss-reactive ketones (excluding diaryl/α,β-unsaturated/α-hetero) is 1. The van der Waals surface area contributed by atoms with Crippen molar-refractivity contribution >= 4 is 11.9 Å². The van der Waals surface area contributed by atoms with Crippen molar-refractivity contribution < 1.29 is 9.53 Å². The third-order valence-electron chi connectivity index (χ3n) is 6.89. The Bertz CT molecular complexity index is 686. The van der Waals surface area contributed by atoms with Crippen molar-refractivity contribution in [2.45, 2.75) is 53.4 Å². The number of carbonyl (C=O) groups is 1. The first kappa shape index (κ1) is 18.3. The van der Waals surface area contributed by atoms with Crippen molar-refractivity contribution in [3.05, 3.63) is 41.0 Å². The van der Waals surface area contributed by atoms with Gasteiger partial charge in [0.15, 0.2) is 5.78 Å². The number of fused-ring (bicyclic) bond motifs is 2. The van der Waals surface area contributed by atoms with Gasteiger partial charge in [-0.2, -0.15) is 0 Å². The van der Waals surface area contributed by atoms with E-state index >= 15 is 0 Å². The zero-order chi connectivity index (χ0) is 18.4. The number of hydrogen-bond acceptors (Lipinski definition) is 3. The third kappa shape index (κ3) is 2.98. The highest BCUT2D eigenvalue weighted by Crippen LogP contribution is 2.65. The molecule has 2 aliphatic carbocycles. The molecule has 136 valence electrons. The molecule has 0 heterocycles. The van der Waals surface area contributed by atoms with Gasteiger partial charge in [-0.1, -0.05) is 45.0 Å². The maximum atomic E-state index is 12.9. The van der Waals surface area contributed by atoms with Gasteiger partial charge < -0.3 is 4.74 Å². The van der Waals surface area contributed by atoms with Gasteiger partial charge in [0, 0.05) is 5.41 Å². The molecule has 0 radical (unpaired) electrons. The molecule has 3 rings (SSSR count). The van der Waals surface area contributed by atoms with Gasteiger partial charge in [0.25, 0.3) is 0 Å². The normalized spacial score (nSPS) is 30.4. The van der Waals surface area contributed by atoms with Crippen LogP contribution >= 0.6 is 0 Å². The third-order valence-corrected chi connectivity index (χ3v) is 6.89. The van der Waals surface area contributed by atoms with Crippen LogP contribution in [0.3, 0.4) is 0 Å². The molecule has 0 spiro atoms.